The normalized spacial score (nSPS) is 13.9. The standard InChI is InChI=1S/C10H16BrNO2S2/c1-3-9-4-5-10(15-9)16(13,14)12-8(2)6-7-11/h4-5,8,12H,3,6-7H2,1-2H3. The van der Waals surface area contributed by atoms with Crippen LogP contribution >= 0.6 is 27.3 Å². The number of aryl methyl sites for hydroxylation is 1. The molecule has 1 atom stereocenters. The van der Waals surface area contributed by atoms with Crippen molar-refractivity contribution in [3.63, 3.8) is 0 Å². The molecule has 0 saturated heterocycles. The summed E-state index contributed by atoms with van der Waals surface area (Å²) in [6.07, 6.45) is 1.66. The van der Waals surface area contributed by atoms with Crippen molar-refractivity contribution in [2.24, 2.45) is 0 Å². The van der Waals surface area contributed by atoms with E-state index in [4.69, 9.17) is 0 Å². The summed E-state index contributed by atoms with van der Waals surface area (Å²) in [6, 6.07) is 3.50. The second-order valence-corrected chi connectivity index (χ2v) is 7.48. The lowest BCUT2D eigenvalue weighted by molar-refractivity contribution is 0.559. The molecule has 16 heavy (non-hydrogen) atoms. The molecule has 1 aromatic heterocycles. The summed E-state index contributed by atoms with van der Waals surface area (Å²) >= 11 is 4.63. The molecule has 1 unspecified atom stereocenters. The maximum absolute atomic E-state index is 11.9. The molecule has 1 heterocycles. The fraction of sp³-hybridized carbons (Fsp3) is 0.600. The van der Waals surface area contributed by atoms with Crippen molar-refractivity contribution >= 4 is 37.3 Å². The number of halogens is 1. The number of hydrogen-bond donors (Lipinski definition) is 1. The van der Waals surface area contributed by atoms with Crippen molar-refractivity contribution < 1.29 is 8.42 Å². The van der Waals surface area contributed by atoms with Crippen LogP contribution in [0.1, 0.15) is 25.1 Å². The summed E-state index contributed by atoms with van der Waals surface area (Å²) in [7, 11) is -3.32. The Labute approximate surface area is 109 Å². The van der Waals surface area contributed by atoms with E-state index in [2.05, 4.69) is 20.7 Å². The van der Waals surface area contributed by atoms with E-state index < -0.39 is 10.0 Å². The van der Waals surface area contributed by atoms with Crippen molar-refractivity contribution in [1.29, 1.82) is 0 Å². The quantitative estimate of drug-likeness (QED) is 0.817. The van der Waals surface area contributed by atoms with E-state index in [1.165, 1.54) is 11.3 Å². The molecule has 1 N–H and O–H groups in total. The van der Waals surface area contributed by atoms with Gasteiger partial charge in [-0.25, -0.2) is 13.1 Å². The van der Waals surface area contributed by atoms with Gasteiger partial charge in [-0.05, 0) is 31.9 Å². The minimum atomic E-state index is -3.32. The third-order valence-electron chi connectivity index (χ3n) is 2.15. The summed E-state index contributed by atoms with van der Waals surface area (Å²) in [5, 5.41) is 0.793. The Hall–Kier alpha value is 0.0900. The van der Waals surface area contributed by atoms with E-state index in [-0.39, 0.29) is 6.04 Å². The first kappa shape index (κ1) is 14.2. The van der Waals surface area contributed by atoms with Gasteiger partial charge in [-0.2, -0.15) is 0 Å². The maximum atomic E-state index is 11.9. The zero-order chi connectivity index (χ0) is 12.2. The summed E-state index contributed by atoms with van der Waals surface area (Å²) in [6.45, 7) is 3.89. The van der Waals surface area contributed by atoms with Gasteiger partial charge in [0.05, 0.1) is 0 Å². The van der Waals surface area contributed by atoms with Gasteiger partial charge in [-0.15, -0.1) is 11.3 Å². The zero-order valence-electron chi connectivity index (χ0n) is 9.36. The summed E-state index contributed by atoms with van der Waals surface area (Å²) in [5.74, 6) is 0. The average Bonchev–Trinajstić information content (AvgIpc) is 2.65. The number of thiophene rings is 1. The van der Waals surface area contributed by atoms with Gasteiger partial charge in [0.15, 0.2) is 0 Å². The molecule has 0 radical (unpaired) electrons. The molecule has 0 saturated carbocycles. The molecule has 92 valence electrons. The van der Waals surface area contributed by atoms with Gasteiger partial charge in [0.2, 0.25) is 10.0 Å². The Morgan fingerprint density at radius 3 is 2.69 bits per heavy atom. The van der Waals surface area contributed by atoms with E-state index in [0.29, 0.717) is 4.21 Å². The largest absolute Gasteiger partial charge is 0.250 e. The Morgan fingerprint density at radius 1 is 1.50 bits per heavy atom. The van der Waals surface area contributed by atoms with Gasteiger partial charge in [0.25, 0.3) is 0 Å². The molecule has 1 aromatic rings. The van der Waals surface area contributed by atoms with Crippen LogP contribution in [0.2, 0.25) is 0 Å². The number of rotatable bonds is 6. The molecule has 0 aliphatic rings. The first-order valence-corrected chi connectivity index (χ1v) is 8.58. The predicted molar refractivity (Wildman–Crippen MR) is 71.9 cm³/mol. The summed E-state index contributed by atoms with van der Waals surface area (Å²) < 4.78 is 26.9. The molecule has 0 amide bonds. The maximum Gasteiger partial charge on any atom is 0.250 e. The topological polar surface area (TPSA) is 46.2 Å². The second kappa shape index (κ2) is 6.14. The molecule has 0 aliphatic carbocycles. The van der Waals surface area contributed by atoms with E-state index in [0.717, 1.165) is 23.0 Å². The van der Waals surface area contributed by atoms with Crippen LogP contribution in [-0.4, -0.2) is 19.8 Å². The third-order valence-corrected chi connectivity index (χ3v) is 5.92. The number of alkyl halides is 1. The Bertz CT molecular complexity index is 428. The Balaban J connectivity index is 2.77. The number of hydrogen-bond acceptors (Lipinski definition) is 3. The van der Waals surface area contributed by atoms with Gasteiger partial charge in [0.1, 0.15) is 4.21 Å². The second-order valence-electron chi connectivity index (χ2n) is 3.57. The minimum absolute atomic E-state index is 0.0449. The lowest BCUT2D eigenvalue weighted by Gasteiger charge is -2.11. The molecular weight excluding hydrogens is 310 g/mol. The average molecular weight is 326 g/mol. The van der Waals surface area contributed by atoms with Gasteiger partial charge < -0.3 is 0 Å². The van der Waals surface area contributed by atoms with Gasteiger partial charge in [0, 0.05) is 16.2 Å². The fourth-order valence-corrected chi connectivity index (χ4v) is 4.52. The van der Waals surface area contributed by atoms with Crippen molar-refractivity contribution in [3.8, 4) is 0 Å². The molecule has 1 rings (SSSR count). The Morgan fingerprint density at radius 2 is 2.19 bits per heavy atom. The van der Waals surface area contributed by atoms with Crippen LogP contribution in [0.5, 0.6) is 0 Å². The first-order valence-electron chi connectivity index (χ1n) is 5.16. The number of nitrogens with one attached hydrogen (secondary N) is 1. The molecule has 6 heteroatoms. The SMILES string of the molecule is CCc1ccc(S(=O)(=O)NC(C)CCBr)s1. The van der Waals surface area contributed by atoms with Crippen molar-refractivity contribution in [3.05, 3.63) is 17.0 Å². The van der Waals surface area contributed by atoms with E-state index in [1.54, 1.807) is 6.07 Å². The van der Waals surface area contributed by atoms with Crippen LogP contribution in [0.4, 0.5) is 0 Å². The smallest absolute Gasteiger partial charge is 0.208 e. The van der Waals surface area contributed by atoms with Gasteiger partial charge >= 0.3 is 0 Å². The Kier molecular flexibility index (Phi) is 5.43. The van der Waals surface area contributed by atoms with E-state index in [9.17, 15) is 8.42 Å². The predicted octanol–water partition coefficient (Wildman–Crippen LogP) is 2.76. The van der Waals surface area contributed by atoms with Crippen LogP contribution in [0.3, 0.4) is 0 Å². The fourth-order valence-electron chi connectivity index (χ4n) is 1.24. The lowest BCUT2D eigenvalue weighted by Crippen LogP contribution is -2.32. The highest BCUT2D eigenvalue weighted by Gasteiger charge is 2.18. The van der Waals surface area contributed by atoms with Crippen LogP contribution < -0.4 is 4.72 Å². The lowest BCUT2D eigenvalue weighted by atomic mass is 10.3. The van der Waals surface area contributed by atoms with Gasteiger partial charge in [-0.1, -0.05) is 22.9 Å². The highest BCUT2D eigenvalue weighted by atomic mass is 79.9. The third kappa shape index (κ3) is 3.84. The van der Waals surface area contributed by atoms with Crippen molar-refractivity contribution in [1.82, 2.24) is 4.72 Å². The van der Waals surface area contributed by atoms with Gasteiger partial charge in [-0.3, -0.25) is 0 Å². The molecule has 0 spiro atoms. The zero-order valence-corrected chi connectivity index (χ0v) is 12.6. The number of sulfonamides is 1. The van der Waals surface area contributed by atoms with Crippen LogP contribution in [0, 0.1) is 0 Å². The van der Waals surface area contributed by atoms with Crippen LogP contribution in [0.25, 0.3) is 0 Å². The molecule has 0 aliphatic heterocycles. The molecule has 0 bridgehead atoms. The molecule has 0 aromatic carbocycles. The summed E-state index contributed by atoms with van der Waals surface area (Å²) in [4.78, 5) is 1.09. The highest BCUT2D eigenvalue weighted by molar-refractivity contribution is 9.09. The monoisotopic (exact) mass is 325 g/mol. The van der Waals surface area contributed by atoms with Crippen LogP contribution in [0.15, 0.2) is 16.3 Å². The van der Waals surface area contributed by atoms with Crippen molar-refractivity contribution in [2.75, 3.05) is 5.33 Å². The minimum Gasteiger partial charge on any atom is -0.208 e. The van der Waals surface area contributed by atoms with E-state index >= 15 is 0 Å². The first-order chi connectivity index (χ1) is 7.49. The summed E-state index contributed by atoms with van der Waals surface area (Å²) in [5.41, 5.74) is 0. The van der Waals surface area contributed by atoms with Crippen LogP contribution in [-0.2, 0) is 16.4 Å². The van der Waals surface area contributed by atoms with E-state index in [1.807, 2.05) is 19.9 Å². The molecule has 0 fully saturated rings. The highest BCUT2D eigenvalue weighted by Crippen LogP contribution is 2.22. The van der Waals surface area contributed by atoms with Crippen molar-refractivity contribution in [2.45, 2.75) is 36.9 Å². The molecular formula is C10H16BrNO2S2. The molecule has 3 nitrogen and oxygen atoms in total.